The molecular formula is C3H5BCl3NO2. The van der Waals surface area contributed by atoms with Crippen molar-refractivity contribution in [2.24, 2.45) is 0 Å². The van der Waals surface area contributed by atoms with Crippen LogP contribution in [-0.4, -0.2) is 24.5 Å². The summed E-state index contributed by atoms with van der Waals surface area (Å²) in [7, 11) is 1.42. The summed E-state index contributed by atoms with van der Waals surface area (Å²) < 4.78 is 2.87. The third kappa shape index (κ3) is 6.33. The zero-order chi connectivity index (χ0) is 8.20. The van der Waals surface area contributed by atoms with Crippen molar-refractivity contribution in [2.45, 2.75) is 3.79 Å². The first-order chi connectivity index (χ1) is 4.45. The van der Waals surface area contributed by atoms with Crippen molar-refractivity contribution in [3.63, 3.8) is 0 Å². The maximum atomic E-state index is 10.3. The summed E-state index contributed by atoms with van der Waals surface area (Å²) in [4.78, 5) is 10.3. The molecule has 0 atom stereocenters. The van der Waals surface area contributed by atoms with Gasteiger partial charge in [-0.15, -0.1) is 0 Å². The predicted molar refractivity (Wildman–Crippen MR) is 43.3 cm³/mol. The van der Waals surface area contributed by atoms with Crippen molar-refractivity contribution < 1.29 is 9.53 Å². The molecule has 0 spiro atoms. The monoisotopic (exact) mass is 203 g/mol. The Kier molecular flexibility index (Phi) is 4.25. The number of carbonyl (C=O) groups is 1. The summed E-state index contributed by atoms with van der Waals surface area (Å²) in [5.41, 5.74) is 0. The van der Waals surface area contributed by atoms with E-state index in [1.807, 2.05) is 0 Å². The van der Waals surface area contributed by atoms with Gasteiger partial charge in [0.05, 0.1) is 0 Å². The molecule has 0 radical (unpaired) electrons. The smallest absolute Gasteiger partial charge is 0.394 e. The van der Waals surface area contributed by atoms with Gasteiger partial charge in [0.2, 0.25) is 11.8 Å². The Morgan fingerprint density at radius 2 is 2.10 bits per heavy atom. The molecule has 0 rings (SSSR count). The summed E-state index contributed by atoms with van der Waals surface area (Å²) in [6.45, 7) is -0.253. The van der Waals surface area contributed by atoms with Crippen LogP contribution < -0.4 is 5.23 Å². The highest BCUT2D eigenvalue weighted by atomic mass is 35.6. The van der Waals surface area contributed by atoms with Gasteiger partial charge in [0, 0.05) is 0 Å². The lowest BCUT2D eigenvalue weighted by Gasteiger charge is -2.10. The Hall–Kier alpha value is 0.205. The third-order valence-electron chi connectivity index (χ3n) is 0.571. The maximum Gasteiger partial charge on any atom is 0.394 e. The van der Waals surface area contributed by atoms with E-state index in [1.165, 1.54) is 7.98 Å². The molecular weight excluding hydrogens is 199 g/mol. The topological polar surface area (TPSA) is 38.3 Å². The zero-order valence-electron chi connectivity index (χ0n) is 5.16. The van der Waals surface area contributed by atoms with Gasteiger partial charge in [-0.2, -0.15) is 0 Å². The first-order valence-electron chi connectivity index (χ1n) is 2.37. The van der Waals surface area contributed by atoms with Gasteiger partial charge in [-0.05, 0) is 0 Å². The Labute approximate surface area is 74.4 Å². The lowest BCUT2D eigenvalue weighted by atomic mass is 10.4. The fourth-order valence-electron chi connectivity index (χ4n) is 0.220. The Balaban J connectivity index is 3.46. The van der Waals surface area contributed by atoms with Gasteiger partial charge in [0.1, 0.15) is 6.61 Å². The average Bonchev–Trinajstić information content (AvgIpc) is 1.81. The molecule has 0 aliphatic heterocycles. The Bertz CT molecular complexity index is 125. The third-order valence-corrected chi connectivity index (χ3v) is 0.898. The van der Waals surface area contributed by atoms with Crippen molar-refractivity contribution in [2.75, 3.05) is 6.61 Å². The molecule has 3 nitrogen and oxygen atoms in total. The van der Waals surface area contributed by atoms with Crippen molar-refractivity contribution in [1.82, 2.24) is 5.23 Å². The van der Waals surface area contributed by atoms with E-state index in [0.29, 0.717) is 0 Å². The molecule has 58 valence electrons. The summed E-state index contributed by atoms with van der Waals surface area (Å²) in [5.74, 6) is 0. The second-order valence-corrected chi connectivity index (χ2v) is 3.96. The second-order valence-electron chi connectivity index (χ2n) is 1.44. The highest BCUT2D eigenvalue weighted by Gasteiger charge is 2.21. The highest BCUT2D eigenvalue weighted by molar-refractivity contribution is 6.67. The number of hydrogen-bond donors (Lipinski definition) is 1. The minimum Gasteiger partial charge on any atom is -0.446 e. The Morgan fingerprint density at radius 1 is 1.60 bits per heavy atom. The van der Waals surface area contributed by atoms with Crippen LogP contribution in [0, 0.1) is 0 Å². The van der Waals surface area contributed by atoms with Gasteiger partial charge >= 0.3 is 6.09 Å². The van der Waals surface area contributed by atoms with Crippen LogP contribution in [0.1, 0.15) is 0 Å². The minimum atomic E-state index is -1.54. The molecule has 10 heavy (non-hydrogen) atoms. The number of hydrogen-bond acceptors (Lipinski definition) is 2. The summed E-state index contributed by atoms with van der Waals surface area (Å²) in [6, 6.07) is 0. The van der Waals surface area contributed by atoms with Gasteiger partial charge in [-0.1, -0.05) is 34.8 Å². The van der Waals surface area contributed by atoms with E-state index in [-0.39, 0.29) is 6.61 Å². The summed E-state index contributed by atoms with van der Waals surface area (Å²) in [6.07, 6.45) is -0.619. The summed E-state index contributed by atoms with van der Waals surface area (Å²) in [5, 5.41) is 2.20. The maximum absolute atomic E-state index is 10.3. The second kappa shape index (κ2) is 4.16. The fraction of sp³-hybridized carbons (Fsp3) is 0.667. The molecule has 0 bridgehead atoms. The van der Waals surface area contributed by atoms with Crippen LogP contribution in [0.4, 0.5) is 4.79 Å². The first kappa shape index (κ1) is 10.2. The first-order valence-corrected chi connectivity index (χ1v) is 3.50. The largest absolute Gasteiger partial charge is 0.446 e. The quantitative estimate of drug-likeness (QED) is 0.502. The number of rotatable bonds is 1. The van der Waals surface area contributed by atoms with Crippen molar-refractivity contribution in [3.8, 4) is 0 Å². The molecule has 0 saturated carbocycles. The van der Waals surface area contributed by atoms with Crippen LogP contribution >= 0.6 is 34.8 Å². The van der Waals surface area contributed by atoms with Crippen molar-refractivity contribution in [3.05, 3.63) is 0 Å². The van der Waals surface area contributed by atoms with E-state index in [0.717, 1.165) is 0 Å². The van der Waals surface area contributed by atoms with E-state index in [9.17, 15) is 4.79 Å². The van der Waals surface area contributed by atoms with Gasteiger partial charge in [-0.25, -0.2) is 4.79 Å². The van der Waals surface area contributed by atoms with E-state index in [1.54, 1.807) is 0 Å². The molecule has 0 heterocycles. The van der Waals surface area contributed by atoms with Gasteiger partial charge in [-0.3, -0.25) is 0 Å². The van der Waals surface area contributed by atoms with E-state index < -0.39 is 9.89 Å². The normalized spacial score (nSPS) is 10.7. The van der Waals surface area contributed by atoms with Crippen molar-refractivity contribution >= 4 is 48.9 Å². The summed E-state index contributed by atoms with van der Waals surface area (Å²) >= 11 is 15.8. The van der Waals surface area contributed by atoms with Crippen molar-refractivity contribution in [1.29, 1.82) is 0 Å². The minimum absolute atomic E-state index is 0.253. The molecule has 7 heteroatoms. The Morgan fingerprint density at radius 3 is 2.40 bits per heavy atom. The molecule has 0 saturated heterocycles. The number of alkyl halides is 3. The lowest BCUT2D eigenvalue weighted by molar-refractivity contribution is 0.155. The van der Waals surface area contributed by atoms with E-state index in [2.05, 4.69) is 9.96 Å². The number of ether oxygens (including phenoxy) is 1. The van der Waals surface area contributed by atoms with E-state index >= 15 is 0 Å². The molecule has 0 aliphatic rings. The zero-order valence-corrected chi connectivity index (χ0v) is 7.43. The molecule has 1 N–H and O–H groups in total. The van der Waals surface area contributed by atoms with Gasteiger partial charge in [0.25, 0.3) is 0 Å². The highest BCUT2D eigenvalue weighted by Crippen LogP contribution is 2.25. The molecule has 0 aromatic heterocycles. The molecule has 0 unspecified atom stereocenters. The van der Waals surface area contributed by atoms with Crippen LogP contribution in [0.3, 0.4) is 0 Å². The number of nitrogens with one attached hydrogen (secondary N) is 1. The number of halogens is 3. The molecule has 0 aliphatic carbocycles. The van der Waals surface area contributed by atoms with E-state index in [4.69, 9.17) is 34.8 Å². The molecule has 0 aromatic rings. The lowest BCUT2D eigenvalue weighted by Crippen LogP contribution is -2.25. The molecule has 1 amide bonds. The van der Waals surface area contributed by atoms with Crippen LogP contribution in [0.25, 0.3) is 0 Å². The standard InChI is InChI=1S/C3H5BCl3NO2/c4-8-2(9)10-1-3(5,6)7/h1,4H2,(H,8,9). The molecule has 0 fully saturated rings. The van der Waals surface area contributed by atoms with Crippen LogP contribution in [0.15, 0.2) is 0 Å². The number of carbonyl (C=O) groups excluding carboxylic acids is 1. The molecule has 0 aromatic carbocycles. The SMILES string of the molecule is BNC(=O)OCC(Cl)(Cl)Cl. The predicted octanol–water partition coefficient (Wildman–Crippen LogP) is 0.631. The fourth-order valence-corrected chi connectivity index (χ4v) is 0.383. The van der Waals surface area contributed by atoms with Crippen LogP contribution in [0.5, 0.6) is 0 Å². The van der Waals surface area contributed by atoms with Gasteiger partial charge < -0.3 is 9.96 Å². The van der Waals surface area contributed by atoms with Gasteiger partial charge in [0.15, 0.2) is 0 Å². The van der Waals surface area contributed by atoms with Crippen LogP contribution in [-0.2, 0) is 4.74 Å². The number of amides is 1. The average molecular weight is 204 g/mol. The van der Waals surface area contributed by atoms with Crippen LogP contribution in [0.2, 0.25) is 0 Å².